The largest absolute Gasteiger partial charge is 0.445 e. The van der Waals surface area contributed by atoms with E-state index in [-0.39, 0.29) is 12.0 Å². The molecule has 1 atom stereocenters. The lowest BCUT2D eigenvalue weighted by molar-refractivity contribution is 0.0746. The number of ether oxygens (including phenoxy) is 1. The molecule has 1 aromatic heterocycles. The van der Waals surface area contributed by atoms with Crippen LogP contribution in [0.1, 0.15) is 46.7 Å². The quantitative estimate of drug-likeness (QED) is 0.450. The first kappa shape index (κ1) is 26.1. The van der Waals surface area contributed by atoms with Crippen molar-refractivity contribution < 1.29 is 9.53 Å². The molecule has 7 heteroatoms. The fraction of sp³-hybridized carbons (Fsp3) is 0.375. The van der Waals surface area contributed by atoms with E-state index in [0.717, 1.165) is 56.2 Å². The summed E-state index contributed by atoms with van der Waals surface area (Å²) in [6, 6.07) is 20.4. The lowest BCUT2D eigenvalue weighted by Crippen LogP contribution is -2.49. The molecule has 1 N–H and O–H groups in total. The van der Waals surface area contributed by atoms with E-state index in [1.54, 1.807) is 0 Å². The third kappa shape index (κ3) is 5.88. The molecule has 0 radical (unpaired) electrons. The number of rotatable bonds is 5. The molecule has 1 unspecified atom stereocenters. The van der Waals surface area contributed by atoms with Crippen LogP contribution in [0.4, 0.5) is 4.79 Å². The first-order valence-corrected chi connectivity index (χ1v) is 14.4. The Morgan fingerprint density at radius 1 is 1.00 bits per heavy atom. The summed E-state index contributed by atoms with van der Waals surface area (Å²) < 4.78 is 5.57. The maximum Gasteiger partial charge on any atom is 0.410 e. The van der Waals surface area contributed by atoms with Crippen LogP contribution in [0.5, 0.6) is 0 Å². The number of carbonyl (C=O) groups excluding carboxylic acids is 1. The molecule has 2 aliphatic heterocycles. The second-order valence-corrected chi connectivity index (χ2v) is 11.2. The summed E-state index contributed by atoms with van der Waals surface area (Å²) in [4.78, 5) is 21.9. The molecule has 2 aromatic carbocycles. The van der Waals surface area contributed by atoms with Crippen LogP contribution in [-0.4, -0.2) is 66.7 Å². The van der Waals surface area contributed by atoms with E-state index >= 15 is 0 Å². The van der Waals surface area contributed by atoms with Gasteiger partial charge in [0.05, 0.1) is 5.69 Å². The molecule has 3 aliphatic rings. The van der Waals surface area contributed by atoms with Crippen molar-refractivity contribution in [3.05, 3.63) is 99.8 Å². The van der Waals surface area contributed by atoms with Crippen molar-refractivity contribution in [1.29, 1.82) is 0 Å². The Labute approximate surface area is 235 Å². The molecule has 3 heterocycles. The van der Waals surface area contributed by atoms with Crippen LogP contribution in [0.3, 0.4) is 0 Å². The molecule has 3 aromatic rings. The smallest absolute Gasteiger partial charge is 0.410 e. The van der Waals surface area contributed by atoms with Gasteiger partial charge in [0.2, 0.25) is 0 Å². The van der Waals surface area contributed by atoms with Crippen LogP contribution >= 0.6 is 11.6 Å². The summed E-state index contributed by atoms with van der Waals surface area (Å²) in [5.41, 5.74) is 7.20. The van der Waals surface area contributed by atoms with E-state index in [9.17, 15) is 4.79 Å². The van der Waals surface area contributed by atoms with E-state index in [1.165, 1.54) is 28.0 Å². The molecule has 0 spiro atoms. The Hall–Kier alpha value is -3.19. The van der Waals surface area contributed by atoms with Crippen molar-refractivity contribution in [3.8, 4) is 0 Å². The van der Waals surface area contributed by atoms with Gasteiger partial charge in [-0.05, 0) is 84.0 Å². The molecule has 6 rings (SSSR count). The van der Waals surface area contributed by atoms with Gasteiger partial charge in [0.1, 0.15) is 6.61 Å². The molecule has 2 saturated heterocycles. The van der Waals surface area contributed by atoms with Gasteiger partial charge in [-0.3, -0.25) is 9.88 Å². The van der Waals surface area contributed by atoms with Crippen molar-refractivity contribution in [2.24, 2.45) is 5.92 Å². The molecule has 6 nitrogen and oxygen atoms in total. The van der Waals surface area contributed by atoms with Gasteiger partial charge >= 0.3 is 6.09 Å². The number of fused-ring (bicyclic) bond motifs is 2. The molecule has 0 saturated carbocycles. The molecule has 1 amide bonds. The molecular formula is C32H35ClN4O2. The molecule has 1 aliphatic carbocycles. The van der Waals surface area contributed by atoms with E-state index in [4.69, 9.17) is 21.3 Å². The van der Waals surface area contributed by atoms with Crippen molar-refractivity contribution in [2.45, 2.75) is 25.4 Å². The Bertz CT molecular complexity index is 1330. The Morgan fingerprint density at radius 2 is 1.79 bits per heavy atom. The highest BCUT2D eigenvalue weighted by molar-refractivity contribution is 6.30. The van der Waals surface area contributed by atoms with Crippen LogP contribution in [0.2, 0.25) is 5.02 Å². The van der Waals surface area contributed by atoms with E-state index in [1.807, 2.05) is 53.6 Å². The number of benzene rings is 2. The van der Waals surface area contributed by atoms with Crippen LogP contribution in [0.15, 0.2) is 66.9 Å². The van der Waals surface area contributed by atoms with Gasteiger partial charge in [0.15, 0.2) is 0 Å². The second kappa shape index (κ2) is 11.9. The van der Waals surface area contributed by atoms with Gasteiger partial charge in [-0.2, -0.15) is 0 Å². The van der Waals surface area contributed by atoms with Gasteiger partial charge in [-0.25, -0.2) is 4.79 Å². The first-order valence-electron chi connectivity index (χ1n) is 14.0. The lowest BCUT2D eigenvalue weighted by atomic mass is 9.76. The summed E-state index contributed by atoms with van der Waals surface area (Å²) in [6.45, 7) is 6.09. The Balaban J connectivity index is 1.19. The normalized spacial score (nSPS) is 20.0. The van der Waals surface area contributed by atoms with Crippen LogP contribution in [-0.2, 0) is 11.3 Å². The highest BCUT2D eigenvalue weighted by Gasteiger charge is 2.33. The molecular weight excluding hydrogens is 508 g/mol. The highest BCUT2D eigenvalue weighted by Crippen LogP contribution is 2.44. The average molecular weight is 543 g/mol. The number of nitrogens with one attached hydrogen (secondary N) is 1. The summed E-state index contributed by atoms with van der Waals surface area (Å²) in [7, 11) is 0. The number of nitrogens with zero attached hydrogens (tertiary/aromatic N) is 3. The van der Waals surface area contributed by atoms with Crippen molar-refractivity contribution in [2.75, 3.05) is 45.8 Å². The maximum absolute atomic E-state index is 12.7. The zero-order chi connectivity index (χ0) is 26.6. The minimum absolute atomic E-state index is 0.242. The van der Waals surface area contributed by atoms with Gasteiger partial charge in [-0.15, -0.1) is 0 Å². The number of piperidine rings is 1. The first-order chi connectivity index (χ1) is 19.2. The van der Waals surface area contributed by atoms with Crippen molar-refractivity contribution >= 4 is 29.3 Å². The average Bonchev–Trinajstić information content (AvgIpc) is 3.11. The molecule has 202 valence electrons. The van der Waals surface area contributed by atoms with Crippen LogP contribution in [0.25, 0.3) is 11.6 Å². The minimum atomic E-state index is -0.242. The number of aromatic nitrogens is 1. The summed E-state index contributed by atoms with van der Waals surface area (Å²) in [6.07, 6.45) is 6.28. The number of carbonyl (C=O) groups is 1. The van der Waals surface area contributed by atoms with Crippen molar-refractivity contribution in [1.82, 2.24) is 20.1 Å². The molecule has 39 heavy (non-hydrogen) atoms. The van der Waals surface area contributed by atoms with Gasteiger partial charge in [0, 0.05) is 49.9 Å². The fourth-order valence-electron chi connectivity index (χ4n) is 6.23. The second-order valence-electron chi connectivity index (χ2n) is 10.7. The fourth-order valence-corrected chi connectivity index (χ4v) is 6.40. The van der Waals surface area contributed by atoms with Crippen LogP contribution in [0, 0.1) is 5.92 Å². The van der Waals surface area contributed by atoms with E-state index in [0.29, 0.717) is 25.6 Å². The SMILES string of the molecule is O=C(OCc1ccccc1)N1CCN(CC2=Cc3cccnc3C(C3CCNCC3)c3ccc(Cl)cc32)CC1. The number of halogens is 1. The number of amides is 1. The summed E-state index contributed by atoms with van der Waals surface area (Å²) >= 11 is 6.59. The zero-order valence-corrected chi connectivity index (χ0v) is 22.9. The van der Waals surface area contributed by atoms with Crippen LogP contribution < -0.4 is 5.32 Å². The number of hydrogen-bond donors (Lipinski definition) is 1. The van der Waals surface area contributed by atoms with Gasteiger partial charge < -0.3 is 15.0 Å². The number of pyridine rings is 1. The van der Waals surface area contributed by atoms with Gasteiger partial charge in [-0.1, -0.05) is 54.1 Å². The Morgan fingerprint density at radius 3 is 2.59 bits per heavy atom. The zero-order valence-electron chi connectivity index (χ0n) is 22.2. The minimum Gasteiger partial charge on any atom is -0.445 e. The topological polar surface area (TPSA) is 57.7 Å². The number of piperazine rings is 1. The number of hydrogen-bond acceptors (Lipinski definition) is 5. The predicted molar refractivity (Wildman–Crippen MR) is 156 cm³/mol. The molecule has 0 bridgehead atoms. The van der Waals surface area contributed by atoms with Gasteiger partial charge in [0.25, 0.3) is 0 Å². The monoisotopic (exact) mass is 542 g/mol. The maximum atomic E-state index is 12.7. The molecule has 2 fully saturated rings. The third-order valence-corrected chi connectivity index (χ3v) is 8.51. The highest BCUT2D eigenvalue weighted by atomic mass is 35.5. The van der Waals surface area contributed by atoms with E-state index < -0.39 is 0 Å². The Kier molecular flexibility index (Phi) is 7.95. The summed E-state index contributed by atoms with van der Waals surface area (Å²) in [5.74, 6) is 0.790. The standard InChI is InChI=1S/C32H35ClN4O2/c33-27-8-9-28-29(20-27)26(19-25-7-4-12-35-31(25)30(28)24-10-13-34-14-11-24)21-36-15-17-37(18-16-36)32(38)39-22-23-5-2-1-3-6-23/h1-9,12,19-20,24,30,34H,10-11,13-18,21-22H2. The lowest BCUT2D eigenvalue weighted by Gasteiger charge is -2.35. The predicted octanol–water partition coefficient (Wildman–Crippen LogP) is 5.67. The third-order valence-electron chi connectivity index (χ3n) is 8.28. The van der Waals surface area contributed by atoms with Crippen molar-refractivity contribution in [3.63, 3.8) is 0 Å². The summed E-state index contributed by atoms with van der Waals surface area (Å²) in [5, 5.41) is 4.28. The van der Waals surface area contributed by atoms with E-state index in [2.05, 4.69) is 34.5 Å².